The zero-order valence-corrected chi connectivity index (χ0v) is 22.5. The summed E-state index contributed by atoms with van der Waals surface area (Å²) in [6.07, 6.45) is 5.08. The van der Waals surface area contributed by atoms with E-state index in [1.807, 2.05) is 38.1 Å². The van der Waals surface area contributed by atoms with Gasteiger partial charge in [-0.2, -0.15) is 0 Å². The molecule has 200 valence electrons. The van der Waals surface area contributed by atoms with Crippen molar-refractivity contribution in [3.05, 3.63) is 42.0 Å². The van der Waals surface area contributed by atoms with Gasteiger partial charge in [-0.1, -0.05) is 0 Å². The third kappa shape index (κ3) is 6.10. The van der Waals surface area contributed by atoms with Crippen molar-refractivity contribution in [3.63, 3.8) is 0 Å². The van der Waals surface area contributed by atoms with E-state index in [1.165, 1.54) is 37.6 Å². The van der Waals surface area contributed by atoms with Crippen LogP contribution >= 0.6 is 11.9 Å². The minimum atomic E-state index is -0.170. The largest absolute Gasteiger partial charge is 0.506 e. The van der Waals surface area contributed by atoms with Gasteiger partial charge in [0.1, 0.15) is 5.75 Å². The summed E-state index contributed by atoms with van der Waals surface area (Å²) in [5.74, 6) is 0.0248. The molecule has 0 bridgehead atoms. The van der Waals surface area contributed by atoms with Crippen LogP contribution < -0.4 is 19.8 Å². The molecule has 3 fully saturated rings. The van der Waals surface area contributed by atoms with E-state index < -0.39 is 0 Å². The number of ether oxygens (including phenoxy) is 1. The predicted molar refractivity (Wildman–Crippen MR) is 151 cm³/mol. The highest BCUT2D eigenvalue weighted by Crippen LogP contribution is 2.54. The van der Waals surface area contributed by atoms with Crippen molar-refractivity contribution < 1.29 is 19.7 Å². The molecule has 37 heavy (non-hydrogen) atoms. The van der Waals surface area contributed by atoms with Crippen LogP contribution in [-0.2, 0) is 4.74 Å². The number of morpholine rings is 1. The molecule has 2 aromatic carbocycles. The number of nitrogens with zero attached hydrogens (tertiary/aromatic N) is 2. The maximum absolute atomic E-state index is 13.6. The Morgan fingerprint density at radius 2 is 1.81 bits per heavy atom. The Morgan fingerprint density at radius 1 is 1.08 bits per heavy atom. The Hall–Kier alpha value is -2.62. The van der Waals surface area contributed by atoms with Crippen LogP contribution in [0, 0.1) is 5.41 Å². The third-order valence-electron chi connectivity index (χ3n) is 7.81. The monoisotopic (exact) mass is 526 g/mol. The van der Waals surface area contributed by atoms with Crippen molar-refractivity contribution in [2.45, 2.75) is 50.9 Å². The fourth-order valence-corrected chi connectivity index (χ4v) is 5.78. The Balaban J connectivity index is 1.36. The average molecular weight is 527 g/mol. The number of phenols is 1. The van der Waals surface area contributed by atoms with E-state index in [0.717, 1.165) is 24.5 Å². The maximum Gasteiger partial charge on any atom is 0.257 e. The topological polar surface area (TPSA) is 97.3 Å². The molecule has 1 saturated carbocycles. The second kappa shape index (κ2) is 11.0. The summed E-state index contributed by atoms with van der Waals surface area (Å²) in [5, 5.41) is 23.0. The van der Waals surface area contributed by atoms with Crippen molar-refractivity contribution >= 4 is 40.6 Å². The number of carbonyl (C=O) groups is 1. The number of carbonyl (C=O) groups excluding carboxylic acids is 1. The number of nitrogens with one attached hydrogen (secondary N) is 2. The number of anilines is 4. The number of aliphatic hydroxyl groups excluding tert-OH is 1. The first-order valence-electron chi connectivity index (χ1n) is 13.3. The fourth-order valence-electron chi connectivity index (χ4n) is 5.24. The molecule has 0 aromatic heterocycles. The normalized spacial score (nSPS) is 21.5. The summed E-state index contributed by atoms with van der Waals surface area (Å²) in [4.78, 5) is 18.0. The first kappa shape index (κ1) is 26.0. The first-order chi connectivity index (χ1) is 17.9. The number of phenolic OH excluding ortho intramolecular Hbond substituents is 1. The predicted octanol–water partition coefficient (Wildman–Crippen LogP) is 4.69. The van der Waals surface area contributed by atoms with Crippen LogP contribution in [0.15, 0.2) is 36.4 Å². The van der Waals surface area contributed by atoms with Gasteiger partial charge >= 0.3 is 0 Å². The molecule has 2 aromatic rings. The van der Waals surface area contributed by atoms with Gasteiger partial charge < -0.3 is 34.8 Å². The minimum absolute atomic E-state index is 0.0642. The van der Waals surface area contributed by atoms with Crippen molar-refractivity contribution in [3.8, 4) is 5.75 Å². The zero-order chi connectivity index (χ0) is 26.0. The molecule has 5 rings (SSSR count). The highest BCUT2D eigenvalue weighted by molar-refractivity contribution is 8.01. The van der Waals surface area contributed by atoms with Crippen molar-refractivity contribution in [1.82, 2.24) is 0 Å². The molecule has 3 aliphatic rings. The standard InChI is InChI=1S/C28H38N4O4S/c1-19-17-32(13-14-36-19)25-15-21(4-6-26(25)34)29-27(35)23-5-3-22(30-37-20(2)18-33)16-24(23)31-11-9-28(7-8-28)10-12-31/h3-6,15-16,19-20,30,33-34H,7-14,17-18H2,1-2H3,(H,29,35)/t19-,20+/m1/s1. The van der Waals surface area contributed by atoms with Gasteiger partial charge in [0, 0.05) is 42.8 Å². The van der Waals surface area contributed by atoms with Crippen LogP contribution in [0.1, 0.15) is 49.9 Å². The molecule has 0 radical (unpaired) electrons. The summed E-state index contributed by atoms with van der Waals surface area (Å²) in [5.41, 5.74) is 4.36. The van der Waals surface area contributed by atoms with Crippen molar-refractivity contribution in [1.29, 1.82) is 0 Å². The zero-order valence-electron chi connectivity index (χ0n) is 21.7. The van der Waals surface area contributed by atoms with Gasteiger partial charge in [0.05, 0.1) is 36.3 Å². The van der Waals surface area contributed by atoms with E-state index in [1.54, 1.807) is 12.1 Å². The second-order valence-electron chi connectivity index (χ2n) is 10.7. The highest BCUT2D eigenvalue weighted by Gasteiger charge is 2.44. The van der Waals surface area contributed by atoms with Gasteiger partial charge in [-0.05, 0) is 93.3 Å². The van der Waals surface area contributed by atoms with Crippen LogP contribution in [0.4, 0.5) is 22.7 Å². The van der Waals surface area contributed by atoms with E-state index >= 15 is 0 Å². The quantitative estimate of drug-likeness (QED) is 0.291. The molecule has 1 amide bonds. The summed E-state index contributed by atoms with van der Waals surface area (Å²) in [6, 6.07) is 11.1. The summed E-state index contributed by atoms with van der Waals surface area (Å²) >= 11 is 1.47. The highest BCUT2D eigenvalue weighted by atomic mass is 32.2. The Labute approximate surface area is 223 Å². The van der Waals surface area contributed by atoms with Crippen LogP contribution in [-0.4, -0.2) is 66.9 Å². The smallest absolute Gasteiger partial charge is 0.257 e. The molecule has 2 atom stereocenters. The molecule has 4 N–H and O–H groups in total. The Bertz CT molecular complexity index is 1120. The molecular weight excluding hydrogens is 488 g/mol. The fraction of sp³-hybridized carbons (Fsp3) is 0.536. The van der Waals surface area contributed by atoms with E-state index in [-0.39, 0.29) is 29.6 Å². The minimum Gasteiger partial charge on any atom is -0.506 e. The van der Waals surface area contributed by atoms with Crippen LogP contribution in [0.25, 0.3) is 0 Å². The second-order valence-corrected chi connectivity index (χ2v) is 12.0. The molecule has 2 aliphatic heterocycles. The third-order valence-corrected chi connectivity index (χ3v) is 8.72. The van der Waals surface area contributed by atoms with Gasteiger partial charge in [-0.25, -0.2) is 0 Å². The van der Waals surface area contributed by atoms with Gasteiger partial charge in [-0.15, -0.1) is 0 Å². The number of hydrogen-bond donors (Lipinski definition) is 4. The molecule has 8 nitrogen and oxygen atoms in total. The average Bonchev–Trinajstić information content (AvgIpc) is 3.67. The molecule has 2 heterocycles. The van der Waals surface area contributed by atoms with Gasteiger partial charge in [0.25, 0.3) is 5.91 Å². The maximum atomic E-state index is 13.6. The first-order valence-corrected chi connectivity index (χ1v) is 14.2. The number of piperidine rings is 1. The van der Waals surface area contributed by atoms with Crippen molar-refractivity contribution in [2.75, 3.05) is 59.2 Å². The van der Waals surface area contributed by atoms with E-state index in [9.17, 15) is 15.0 Å². The van der Waals surface area contributed by atoms with Crippen LogP contribution in [0.2, 0.25) is 0 Å². The molecule has 2 saturated heterocycles. The Kier molecular flexibility index (Phi) is 7.74. The molecule has 1 aliphatic carbocycles. The SMILES string of the molecule is C[C@@H]1CN(c2cc(NC(=O)c3ccc(NS[C@@H](C)CO)cc3N3CCC4(CC3)CC4)ccc2O)CCO1. The molecule has 0 unspecified atom stereocenters. The van der Waals surface area contributed by atoms with Crippen LogP contribution in [0.3, 0.4) is 0 Å². The molecule has 9 heteroatoms. The van der Waals surface area contributed by atoms with Gasteiger partial charge in [0.15, 0.2) is 0 Å². The summed E-state index contributed by atoms with van der Waals surface area (Å²) < 4.78 is 8.97. The Morgan fingerprint density at radius 3 is 2.51 bits per heavy atom. The lowest BCUT2D eigenvalue weighted by Gasteiger charge is -2.35. The van der Waals surface area contributed by atoms with E-state index in [2.05, 4.69) is 19.8 Å². The summed E-state index contributed by atoms with van der Waals surface area (Å²) in [6.45, 7) is 7.95. The number of aromatic hydroxyl groups is 1. The lowest BCUT2D eigenvalue weighted by atomic mass is 9.93. The number of rotatable bonds is 8. The van der Waals surface area contributed by atoms with Gasteiger partial charge in [-0.3, -0.25) is 4.79 Å². The molecule has 1 spiro atoms. The van der Waals surface area contributed by atoms with E-state index in [0.29, 0.717) is 42.0 Å². The lowest BCUT2D eigenvalue weighted by Crippen LogP contribution is -2.41. The number of amides is 1. The number of aliphatic hydroxyl groups is 1. The van der Waals surface area contributed by atoms with Crippen LogP contribution in [0.5, 0.6) is 5.75 Å². The summed E-state index contributed by atoms with van der Waals surface area (Å²) in [7, 11) is 0. The van der Waals surface area contributed by atoms with Gasteiger partial charge in [0.2, 0.25) is 0 Å². The molecular formula is C28H38N4O4S. The van der Waals surface area contributed by atoms with Crippen molar-refractivity contribution in [2.24, 2.45) is 5.41 Å². The lowest BCUT2D eigenvalue weighted by molar-refractivity contribution is 0.0531. The number of benzene rings is 2. The van der Waals surface area contributed by atoms with E-state index in [4.69, 9.17) is 4.74 Å². The number of hydrogen-bond acceptors (Lipinski definition) is 8.